The van der Waals surface area contributed by atoms with E-state index in [0.29, 0.717) is 28.4 Å². The topological polar surface area (TPSA) is 131 Å². The van der Waals surface area contributed by atoms with Gasteiger partial charge in [-0.15, -0.1) is 0 Å². The molecule has 0 saturated carbocycles. The largest absolute Gasteiger partial charge is 0.489 e. The number of rotatable bonds is 11. The minimum Gasteiger partial charge on any atom is -0.489 e. The summed E-state index contributed by atoms with van der Waals surface area (Å²) >= 11 is 6.33. The molecule has 0 bridgehead atoms. The second kappa shape index (κ2) is 13.0. The van der Waals surface area contributed by atoms with Crippen molar-refractivity contribution in [2.45, 2.75) is 45.4 Å². The van der Waals surface area contributed by atoms with E-state index >= 15 is 0 Å². The van der Waals surface area contributed by atoms with Crippen LogP contribution in [0.4, 0.5) is 0 Å². The molecule has 9 nitrogen and oxygen atoms in total. The number of benzene rings is 2. The minimum atomic E-state index is -0.629. The van der Waals surface area contributed by atoms with Gasteiger partial charge in [0.1, 0.15) is 11.4 Å². The predicted octanol–water partition coefficient (Wildman–Crippen LogP) is 3.91. The summed E-state index contributed by atoms with van der Waals surface area (Å²) < 4.78 is 7.55. The molecule has 0 aliphatic heterocycles. The van der Waals surface area contributed by atoms with Crippen molar-refractivity contribution in [3.8, 4) is 17.0 Å². The number of pyridine rings is 1. The Bertz CT molecular complexity index is 1480. The second-order valence-electron chi connectivity index (χ2n) is 9.89. The number of ether oxygens (including phenoxy) is 1. The molecule has 2 amide bonds. The van der Waals surface area contributed by atoms with Crippen LogP contribution in [-0.4, -0.2) is 51.5 Å². The molecule has 2 aromatic heterocycles. The van der Waals surface area contributed by atoms with Gasteiger partial charge in [0.25, 0.3) is 5.91 Å². The Morgan fingerprint density at radius 3 is 2.52 bits per heavy atom. The fourth-order valence-corrected chi connectivity index (χ4v) is 4.56. The summed E-state index contributed by atoms with van der Waals surface area (Å²) in [6.45, 7) is 5.58. The number of imidazole rings is 1. The third-order valence-electron chi connectivity index (χ3n) is 6.32. The van der Waals surface area contributed by atoms with E-state index in [9.17, 15) is 14.7 Å². The Balaban J connectivity index is 1.50. The van der Waals surface area contributed by atoms with Gasteiger partial charge in [0.2, 0.25) is 5.91 Å². The summed E-state index contributed by atoms with van der Waals surface area (Å²) in [5.41, 5.74) is 9.95. The van der Waals surface area contributed by atoms with Crippen LogP contribution in [0, 0.1) is 0 Å². The van der Waals surface area contributed by atoms with Crippen molar-refractivity contribution in [3.63, 3.8) is 0 Å². The van der Waals surface area contributed by atoms with Crippen molar-refractivity contribution >= 4 is 29.1 Å². The molecule has 0 spiro atoms. The number of halogens is 1. The molecular formula is C30H34ClN5O4. The highest BCUT2D eigenvalue weighted by Crippen LogP contribution is 2.27. The predicted molar refractivity (Wildman–Crippen MR) is 156 cm³/mol. The van der Waals surface area contributed by atoms with Gasteiger partial charge in [0.05, 0.1) is 35.5 Å². The smallest absolute Gasteiger partial charge is 0.251 e. The third-order valence-corrected chi connectivity index (χ3v) is 6.61. The third kappa shape index (κ3) is 7.18. The van der Waals surface area contributed by atoms with Crippen LogP contribution in [0.25, 0.3) is 16.9 Å². The number of aromatic nitrogens is 2. The van der Waals surface area contributed by atoms with E-state index in [-0.39, 0.29) is 31.0 Å². The van der Waals surface area contributed by atoms with Gasteiger partial charge in [0, 0.05) is 35.6 Å². The molecular weight excluding hydrogens is 530 g/mol. The van der Waals surface area contributed by atoms with Crippen molar-refractivity contribution in [3.05, 3.63) is 88.7 Å². The van der Waals surface area contributed by atoms with Gasteiger partial charge >= 0.3 is 0 Å². The number of amides is 2. The first kappa shape index (κ1) is 29.1. The van der Waals surface area contributed by atoms with E-state index in [1.54, 1.807) is 25.1 Å². The molecule has 4 rings (SSSR count). The molecule has 2 atom stereocenters. The highest BCUT2D eigenvalue weighted by molar-refractivity contribution is 6.32. The maximum Gasteiger partial charge on any atom is 0.251 e. The Hall–Kier alpha value is -3.92. The van der Waals surface area contributed by atoms with Gasteiger partial charge in [-0.05, 0) is 57.0 Å². The molecule has 40 heavy (non-hydrogen) atoms. The fraction of sp³-hybridized carbons (Fsp3) is 0.300. The Labute approximate surface area is 238 Å². The Morgan fingerprint density at radius 2 is 1.88 bits per heavy atom. The van der Waals surface area contributed by atoms with Crippen LogP contribution >= 0.6 is 11.6 Å². The number of aliphatic hydroxyl groups excluding tert-OH is 1. The monoisotopic (exact) mass is 563 g/mol. The van der Waals surface area contributed by atoms with Crippen LogP contribution in [0.1, 0.15) is 48.4 Å². The van der Waals surface area contributed by atoms with Crippen LogP contribution in [-0.2, 0) is 11.2 Å². The zero-order chi connectivity index (χ0) is 28.8. The van der Waals surface area contributed by atoms with Crippen molar-refractivity contribution in [2.75, 3.05) is 13.1 Å². The fourth-order valence-electron chi connectivity index (χ4n) is 4.34. The number of nitrogens with two attached hydrogens (primary N) is 1. The molecule has 5 N–H and O–H groups in total. The molecule has 0 fully saturated rings. The number of aliphatic hydroxyl groups is 1. The molecule has 0 radical (unpaired) electrons. The van der Waals surface area contributed by atoms with Crippen molar-refractivity contribution in [2.24, 2.45) is 5.73 Å². The van der Waals surface area contributed by atoms with E-state index in [4.69, 9.17) is 27.1 Å². The van der Waals surface area contributed by atoms with Gasteiger partial charge < -0.3 is 30.6 Å². The number of nitrogens with one attached hydrogen (secondary N) is 2. The summed E-state index contributed by atoms with van der Waals surface area (Å²) in [7, 11) is 0. The van der Waals surface area contributed by atoms with E-state index < -0.39 is 12.1 Å². The quantitative estimate of drug-likeness (QED) is 0.219. The first-order valence-corrected chi connectivity index (χ1v) is 13.5. The van der Waals surface area contributed by atoms with Crippen molar-refractivity contribution < 1.29 is 19.4 Å². The average Bonchev–Trinajstić information content (AvgIpc) is 3.37. The van der Waals surface area contributed by atoms with Gasteiger partial charge in [-0.3, -0.25) is 9.59 Å². The summed E-state index contributed by atoms with van der Waals surface area (Å²) in [6, 6.07) is 16.1. The minimum absolute atomic E-state index is 0.0477. The summed E-state index contributed by atoms with van der Waals surface area (Å²) in [5.74, 6) is -0.121. The number of carbonyl (C=O) groups is 2. The lowest BCUT2D eigenvalue weighted by atomic mass is 10.0. The van der Waals surface area contributed by atoms with E-state index in [0.717, 1.165) is 22.4 Å². The van der Waals surface area contributed by atoms with Crippen LogP contribution in [0.15, 0.2) is 67.0 Å². The van der Waals surface area contributed by atoms with Gasteiger partial charge in [-0.1, -0.05) is 41.9 Å². The number of hydrogen-bond acceptors (Lipinski definition) is 6. The van der Waals surface area contributed by atoms with Gasteiger partial charge in [-0.2, -0.15) is 0 Å². The van der Waals surface area contributed by atoms with Crippen LogP contribution in [0.5, 0.6) is 5.75 Å². The lowest BCUT2D eigenvalue weighted by molar-refractivity contribution is -0.119. The highest BCUT2D eigenvalue weighted by atomic mass is 35.5. The van der Waals surface area contributed by atoms with Crippen LogP contribution in [0.2, 0.25) is 5.02 Å². The van der Waals surface area contributed by atoms with Crippen LogP contribution < -0.4 is 21.1 Å². The SMILES string of the molecule is CC(C)Oc1ccc(C(=O)NC(CNC(=O)CN)Cc2ccc(-c3cn4cccc(C(C)O)c4n3)cc2)cc1Cl. The zero-order valence-corrected chi connectivity index (χ0v) is 23.5. The number of fused-ring (bicyclic) bond motifs is 1. The molecule has 0 aliphatic carbocycles. The first-order valence-electron chi connectivity index (χ1n) is 13.1. The van der Waals surface area contributed by atoms with E-state index in [2.05, 4.69) is 10.6 Å². The molecule has 2 aromatic carbocycles. The number of carbonyl (C=O) groups excluding carboxylic acids is 2. The Kier molecular flexibility index (Phi) is 9.42. The maximum atomic E-state index is 13.1. The number of hydrogen-bond donors (Lipinski definition) is 4. The van der Waals surface area contributed by atoms with Crippen molar-refractivity contribution in [1.29, 1.82) is 0 Å². The molecule has 210 valence electrons. The Morgan fingerprint density at radius 1 is 1.12 bits per heavy atom. The van der Waals surface area contributed by atoms with Crippen molar-refractivity contribution in [1.82, 2.24) is 20.0 Å². The molecule has 2 unspecified atom stereocenters. The number of nitrogens with zero attached hydrogens (tertiary/aromatic N) is 2. The molecule has 4 aromatic rings. The molecule has 10 heteroatoms. The summed E-state index contributed by atoms with van der Waals surface area (Å²) in [6.07, 6.45) is 3.61. The van der Waals surface area contributed by atoms with E-state index in [1.165, 1.54) is 0 Å². The zero-order valence-electron chi connectivity index (χ0n) is 22.7. The first-order chi connectivity index (χ1) is 19.1. The molecule has 0 saturated heterocycles. The highest BCUT2D eigenvalue weighted by Gasteiger charge is 2.18. The average molecular weight is 564 g/mol. The maximum absolute atomic E-state index is 13.1. The molecule has 0 aliphatic rings. The summed E-state index contributed by atoms with van der Waals surface area (Å²) in [4.78, 5) is 29.6. The summed E-state index contributed by atoms with van der Waals surface area (Å²) in [5, 5.41) is 16.2. The molecule has 2 heterocycles. The van der Waals surface area contributed by atoms with E-state index in [1.807, 2.05) is 67.0 Å². The van der Waals surface area contributed by atoms with Gasteiger partial charge in [-0.25, -0.2) is 4.98 Å². The standard InChI is InChI=1S/C30H34ClN5O4/c1-18(2)40-27-11-10-22(14-25(27)31)30(39)34-23(16-33-28(38)15-32)13-20-6-8-21(9-7-20)26-17-36-12-4-5-24(19(3)37)29(36)35-26/h4-12,14,17-19,23,37H,13,15-16,32H2,1-3H3,(H,33,38)(H,34,39). The van der Waals surface area contributed by atoms with Crippen LogP contribution in [0.3, 0.4) is 0 Å². The lowest BCUT2D eigenvalue weighted by Gasteiger charge is -2.20. The van der Waals surface area contributed by atoms with Gasteiger partial charge in [0.15, 0.2) is 0 Å². The second-order valence-corrected chi connectivity index (χ2v) is 10.3. The normalized spacial score (nSPS) is 12.8. The lowest BCUT2D eigenvalue weighted by Crippen LogP contribution is -2.46.